The Kier molecular flexibility index (Phi) is 6.09. The molecular weight excluding hydrogens is 430 g/mol. The number of hydrogen-bond donors (Lipinski definition) is 1. The monoisotopic (exact) mass is 453 g/mol. The molecule has 0 spiro atoms. The molecule has 0 bridgehead atoms. The van der Waals surface area contributed by atoms with E-state index in [2.05, 4.69) is 58.4 Å². The van der Waals surface area contributed by atoms with E-state index in [1.165, 1.54) is 16.3 Å². The number of halogens is 1. The van der Waals surface area contributed by atoms with E-state index in [1.807, 2.05) is 36.4 Å². The highest BCUT2D eigenvalue weighted by molar-refractivity contribution is 6.31. The standard InChI is InChI=1S/C28H24ClN3O/c29-24-13-4-2-9-21(24)18-28(33)30-17-16-27-31-25-14-5-6-15-26(25)32(27)19-22-11-7-10-20-8-1-3-12-23(20)22/h1-15H,16-19H2,(H,30,33). The van der Waals surface area contributed by atoms with Gasteiger partial charge in [0.05, 0.1) is 17.5 Å². The first kappa shape index (κ1) is 21.2. The molecule has 4 nitrogen and oxygen atoms in total. The van der Waals surface area contributed by atoms with Crippen LogP contribution in [0.3, 0.4) is 0 Å². The fraction of sp³-hybridized carbons (Fsp3) is 0.143. The minimum Gasteiger partial charge on any atom is -0.355 e. The lowest BCUT2D eigenvalue weighted by Gasteiger charge is -2.12. The van der Waals surface area contributed by atoms with E-state index < -0.39 is 0 Å². The molecular formula is C28H24ClN3O. The summed E-state index contributed by atoms with van der Waals surface area (Å²) in [5.41, 5.74) is 4.15. The summed E-state index contributed by atoms with van der Waals surface area (Å²) < 4.78 is 2.26. The molecule has 0 atom stereocenters. The van der Waals surface area contributed by atoms with Gasteiger partial charge in [0.2, 0.25) is 5.91 Å². The van der Waals surface area contributed by atoms with Gasteiger partial charge >= 0.3 is 0 Å². The van der Waals surface area contributed by atoms with Crippen molar-refractivity contribution >= 4 is 39.3 Å². The van der Waals surface area contributed by atoms with Gasteiger partial charge in [-0.3, -0.25) is 4.79 Å². The number of nitrogens with zero attached hydrogens (tertiary/aromatic N) is 2. The zero-order valence-corrected chi connectivity index (χ0v) is 18.9. The molecule has 0 aliphatic rings. The Morgan fingerprint density at radius 2 is 1.58 bits per heavy atom. The summed E-state index contributed by atoms with van der Waals surface area (Å²) in [4.78, 5) is 17.3. The van der Waals surface area contributed by atoms with Crippen molar-refractivity contribution in [3.8, 4) is 0 Å². The van der Waals surface area contributed by atoms with Crippen molar-refractivity contribution in [2.75, 3.05) is 6.54 Å². The lowest BCUT2D eigenvalue weighted by atomic mass is 10.0. The first-order chi connectivity index (χ1) is 16.2. The predicted molar refractivity (Wildman–Crippen MR) is 135 cm³/mol. The SMILES string of the molecule is O=C(Cc1ccccc1Cl)NCCc1nc2ccccc2n1Cc1cccc2ccccc12. The van der Waals surface area contributed by atoms with E-state index in [-0.39, 0.29) is 12.3 Å². The van der Waals surface area contributed by atoms with E-state index >= 15 is 0 Å². The Hall–Kier alpha value is -3.63. The van der Waals surface area contributed by atoms with Crippen molar-refractivity contribution in [1.29, 1.82) is 0 Å². The minimum absolute atomic E-state index is 0.0418. The number of para-hydroxylation sites is 2. The van der Waals surface area contributed by atoms with Gasteiger partial charge in [0, 0.05) is 24.5 Å². The lowest BCUT2D eigenvalue weighted by Crippen LogP contribution is -2.28. The van der Waals surface area contributed by atoms with Gasteiger partial charge in [0.1, 0.15) is 5.82 Å². The molecule has 1 aromatic heterocycles. The molecule has 164 valence electrons. The number of nitrogens with one attached hydrogen (secondary N) is 1. The second-order valence-electron chi connectivity index (χ2n) is 8.11. The van der Waals surface area contributed by atoms with Crippen LogP contribution in [-0.4, -0.2) is 22.0 Å². The van der Waals surface area contributed by atoms with Crippen LogP contribution >= 0.6 is 11.6 Å². The van der Waals surface area contributed by atoms with Gasteiger partial charge in [-0.05, 0) is 40.1 Å². The molecule has 5 rings (SSSR count). The molecule has 0 aliphatic heterocycles. The van der Waals surface area contributed by atoms with Gasteiger partial charge in [-0.15, -0.1) is 0 Å². The predicted octanol–water partition coefficient (Wildman–Crippen LogP) is 5.79. The summed E-state index contributed by atoms with van der Waals surface area (Å²) >= 11 is 6.19. The van der Waals surface area contributed by atoms with Crippen molar-refractivity contribution in [2.45, 2.75) is 19.4 Å². The summed E-state index contributed by atoms with van der Waals surface area (Å²) in [7, 11) is 0. The molecule has 0 saturated carbocycles. The van der Waals surface area contributed by atoms with Gasteiger partial charge in [0.15, 0.2) is 0 Å². The van der Waals surface area contributed by atoms with Crippen LogP contribution in [0.5, 0.6) is 0 Å². The third-order valence-electron chi connectivity index (χ3n) is 5.92. The Morgan fingerprint density at radius 1 is 0.848 bits per heavy atom. The van der Waals surface area contributed by atoms with Crippen LogP contribution in [-0.2, 0) is 24.2 Å². The van der Waals surface area contributed by atoms with E-state index in [4.69, 9.17) is 16.6 Å². The van der Waals surface area contributed by atoms with E-state index in [9.17, 15) is 4.79 Å². The fourth-order valence-corrected chi connectivity index (χ4v) is 4.49. The van der Waals surface area contributed by atoms with Crippen LogP contribution < -0.4 is 5.32 Å². The average Bonchev–Trinajstić information content (AvgIpc) is 3.18. The summed E-state index contributed by atoms with van der Waals surface area (Å²) in [6.45, 7) is 1.24. The van der Waals surface area contributed by atoms with Crippen molar-refractivity contribution in [3.05, 3.63) is 113 Å². The highest BCUT2D eigenvalue weighted by Crippen LogP contribution is 2.23. The summed E-state index contributed by atoms with van der Waals surface area (Å²) in [6.07, 6.45) is 0.916. The molecule has 0 unspecified atom stereocenters. The zero-order chi connectivity index (χ0) is 22.6. The summed E-state index contributed by atoms with van der Waals surface area (Å²) in [5.74, 6) is 0.919. The van der Waals surface area contributed by atoms with E-state index in [0.717, 1.165) is 29.0 Å². The van der Waals surface area contributed by atoms with Crippen LogP contribution in [0.2, 0.25) is 5.02 Å². The molecule has 0 saturated heterocycles. The van der Waals surface area contributed by atoms with Gasteiger partial charge in [-0.25, -0.2) is 4.98 Å². The van der Waals surface area contributed by atoms with Gasteiger partial charge in [-0.2, -0.15) is 0 Å². The first-order valence-electron chi connectivity index (χ1n) is 11.1. The van der Waals surface area contributed by atoms with Crippen LogP contribution in [0.4, 0.5) is 0 Å². The first-order valence-corrected chi connectivity index (χ1v) is 11.5. The fourth-order valence-electron chi connectivity index (χ4n) is 4.28. The highest BCUT2D eigenvalue weighted by Gasteiger charge is 2.13. The Labute approximate surface area is 197 Å². The number of carbonyl (C=O) groups is 1. The minimum atomic E-state index is -0.0418. The number of rotatable bonds is 7. The Bertz CT molecular complexity index is 1430. The van der Waals surface area contributed by atoms with Gasteiger partial charge < -0.3 is 9.88 Å². The van der Waals surface area contributed by atoms with Crippen LogP contribution in [0.1, 0.15) is 17.0 Å². The maximum Gasteiger partial charge on any atom is 0.224 e. The highest BCUT2D eigenvalue weighted by atomic mass is 35.5. The molecule has 1 heterocycles. The largest absolute Gasteiger partial charge is 0.355 e. The average molecular weight is 454 g/mol. The number of hydrogen-bond acceptors (Lipinski definition) is 2. The van der Waals surface area contributed by atoms with Crippen molar-refractivity contribution in [3.63, 3.8) is 0 Å². The molecule has 0 fully saturated rings. The number of carbonyl (C=O) groups excluding carboxylic acids is 1. The Balaban J connectivity index is 1.36. The third kappa shape index (κ3) is 4.62. The number of imidazole rings is 1. The van der Waals surface area contributed by atoms with Crippen molar-refractivity contribution < 1.29 is 4.79 Å². The second-order valence-corrected chi connectivity index (χ2v) is 8.52. The summed E-state index contributed by atoms with van der Waals surface area (Å²) in [5, 5.41) is 6.11. The van der Waals surface area contributed by atoms with Crippen molar-refractivity contribution in [1.82, 2.24) is 14.9 Å². The molecule has 4 aromatic carbocycles. The van der Waals surface area contributed by atoms with Crippen LogP contribution in [0.15, 0.2) is 91.0 Å². The van der Waals surface area contributed by atoms with Crippen LogP contribution in [0, 0.1) is 0 Å². The maximum absolute atomic E-state index is 12.5. The molecule has 33 heavy (non-hydrogen) atoms. The smallest absolute Gasteiger partial charge is 0.224 e. The van der Waals surface area contributed by atoms with Crippen LogP contribution in [0.25, 0.3) is 21.8 Å². The second kappa shape index (κ2) is 9.47. The molecule has 0 aliphatic carbocycles. The molecule has 1 amide bonds. The number of amides is 1. The maximum atomic E-state index is 12.5. The topological polar surface area (TPSA) is 46.9 Å². The lowest BCUT2D eigenvalue weighted by molar-refractivity contribution is -0.120. The van der Waals surface area contributed by atoms with E-state index in [0.29, 0.717) is 18.0 Å². The molecule has 5 heteroatoms. The molecule has 1 N–H and O–H groups in total. The Morgan fingerprint density at radius 3 is 2.48 bits per heavy atom. The third-order valence-corrected chi connectivity index (χ3v) is 6.29. The number of aromatic nitrogens is 2. The van der Waals surface area contributed by atoms with Gasteiger partial charge in [-0.1, -0.05) is 84.4 Å². The molecule has 5 aromatic rings. The normalized spacial score (nSPS) is 11.2. The number of fused-ring (bicyclic) bond motifs is 2. The summed E-state index contributed by atoms with van der Waals surface area (Å²) in [6, 6.07) is 30.5. The molecule has 0 radical (unpaired) electrons. The number of benzene rings is 4. The van der Waals surface area contributed by atoms with E-state index in [1.54, 1.807) is 6.07 Å². The zero-order valence-electron chi connectivity index (χ0n) is 18.2. The van der Waals surface area contributed by atoms with Crippen molar-refractivity contribution in [2.24, 2.45) is 0 Å². The quantitative estimate of drug-likeness (QED) is 0.339. The van der Waals surface area contributed by atoms with Gasteiger partial charge in [0.25, 0.3) is 0 Å².